The second kappa shape index (κ2) is 6.71. The molecular formula is C14H18N2O2S. The second-order valence-electron chi connectivity index (χ2n) is 4.54. The molecule has 102 valence electrons. The Bertz CT molecular complexity index is 501. The van der Waals surface area contributed by atoms with Crippen LogP contribution >= 0.6 is 11.3 Å². The third-order valence-corrected chi connectivity index (χ3v) is 3.89. The number of carbonyl (C=O) groups excluding carboxylic acids is 1. The summed E-state index contributed by atoms with van der Waals surface area (Å²) in [5.74, 6) is 5.76. The van der Waals surface area contributed by atoms with Gasteiger partial charge in [-0.3, -0.25) is 4.79 Å². The minimum absolute atomic E-state index is 0.0210. The molecular weight excluding hydrogens is 260 g/mol. The van der Waals surface area contributed by atoms with Gasteiger partial charge in [-0.15, -0.1) is 11.3 Å². The Kier molecular flexibility index (Phi) is 4.97. The monoisotopic (exact) mass is 278 g/mol. The van der Waals surface area contributed by atoms with Gasteiger partial charge in [0.2, 0.25) is 5.91 Å². The molecule has 1 saturated heterocycles. The molecule has 2 rings (SSSR count). The largest absolute Gasteiger partial charge is 0.365 e. The molecule has 4 nitrogen and oxygen atoms in total. The SMILES string of the molecule is CC1CCC(C(=O)NCc2cc(C#CCN)cs2)O1. The normalized spacial score (nSPS) is 21.8. The average molecular weight is 278 g/mol. The molecule has 1 amide bonds. The van der Waals surface area contributed by atoms with Gasteiger partial charge in [-0.05, 0) is 25.8 Å². The second-order valence-corrected chi connectivity index (χ2v) is 5.53. The van der Waals surface area contributed by atoms with Crippen LogP contribution in [0.3, 0.4) is 0 Å². The van der Waals surface area contributed by atoms with E-state index >= 15 is 0 Å². The molecule has 1 aromatic rings. The lowest BCUT2D eigenvalue weighted by atomic mass is 10.2. The zero-order valence-electron chi connectivity index (χ0n) is 10.9. The fourth-order valence-electron chi connectivity index (χ4n) is 1.98. The zero-order valence-corrected chi connectivity index (χ0v) is 11.8. The molecule has 0 spiro atoms. The molecule has 0 aliphatic carbocycles. The van der Waals surface area contributed by atoms with E-state index in [0.29, 0.717) is 13.1 Å². The van der Waals surface area contributed by atoms with Crippen LogP contribution < -0.4 is 11.1 Å². The van der Waals surface area contributed by atoms with Crippen LogP contribution in [0.4, 0.5) is 0 Å². The number of thiophene rings is 1. The lowest BCUT2D eigenvalue weighted by Gasteiger charge is -2.10. The van der Waals surface area contributed by atoms with E-state index in [0.717, 1.165) is 23.3 Å². The average Bonchev–Trinajstić information content (AvgIpc) is 3.02. The van der Waals surface area contributed by atoms with Crippen LogP contribution in [0.25, 0.3) is 0 Å². The molecule has 19 heavy (non-hydrogen) atoms. The van der Waals surface area contributed by atoms with Crippen molar-refractivity contribution in [3.8, 4) is 11.8 Å². The maximum absolute atomic E-state index is 11.9. The van der Waals surface area contributed by atoms with Crippen molar-refractivity contribution in [2.24, 2.45) is 5.73 Å². The Morgan fingerprint density at radius 2 is 2.47 bits per heavy atom. The van der Waals surface area contributed by atoms with E-state index in [1.165, 1.54) is 0 Å². The van der Waals surface area contributed by atoms with Crippen LogP contribution in [0.1, 0.15) is 30.2 Å². The standard InChI is InChI=1S/C14H18N2O2S/c1-10-4-5-13(18-10)14(17)16-8-12-7-11(9-19-12)3-2-6-15/h7,9-10,13H,4-6,8,15H2,1H3,(H,16,17). The first-order chi connectivity index (χ1) is 9.19. The maximum atomic E-state index is 11.9. The Morgan fingerprint density at radius 3 is 3.16 bits per heavy atom. The molecule has 3 N–H and O–H groups in total. The van der Waals surface area contributed by atoms with Gasteiger partial charge < -0.3 is 15.8 Å². The van der Waals surface area contributed by atoms with Crippen LogP contribution in [0.15, 0.2) is 11.4 Å². The van der Waals surface area contributed by atoms with Crippen LogP contribution in [0.2, 0.25) is 0 Å². The van der Waals surface area contributed by atoms with Crippen LogP contribution in [-0.2, 0) is 16.1 Å². The molecule has 2 heterocycles. The Labute approximate surface area is 117 Å². The van der Waals surface area contributed by atoms with Crippen molar-refractivity contribution in [2.45, 2.75) is 38.5 Å². The number of hydrogen-bond acceptors (Lipinski definition) is 4. The molecule has 0 aromatic carbocycles. The van der Waals surface area contributed by atoms with E-state index in [1.54, 1.807) is 11.3 Å². The molecule has 0 bridgehead atoms. The van der Waals surface area contributed by atoms with Crippen LogP contribution in [0.5, 0.6) is 0 Å². The van der Waals surface area contributed by atoms with Crippen LogP contribution in [0, 0.1) is 11.8 Å². The fraction of sp³-hybridized carbons (Fsp3) is 0.500. The highest BCUT2D eigenvalue weighted by Gasteiger charge is 2.27. The number of carbonyl (C=O) groups is 1. The Balaban J connectivity index is 1.82. The molecule has 1 fully saturated rings. The number of ether oxygens (including phenoxy) is 1. The van der Waals surface area contributed by atoms with E-state index in [9.17, 15) is 4.79 Å². The first kappa shape index (κ1) is 14.1. The van der Waals surface area contributed by atoms with Crippen molar-refractivity contribution in [1.82, 2.24) is 5.32 Å². The maximum Gasteiger partial charge on any atom is 0.249 e. The summed E-state index contributed by atoms with van der Waals surface area (Å²) in [4.78, 5) is 13.0. The van der Waals surface area contributed by atoms with E-state index in [1.807, 2.05) is 18.4 Å². The van der Waals surface area contributed by atoms with Gasteiger partial charge in [0.25, 0.3) is 0 Å². The Hall–Kier alpha value is -1.35. The van der Waals surface area contributed by atoms with Gasteiger partial charge in [-0.1, -0.05) is 11.8 Å². The summed E-state index contributed by atoms with van der Waals surface area (Å²) in [6.07, 6.45) is 1.67. The van der Waals surface area contributed by atoms with E-state index in [2.05, 4.69) is 17.2 Å². The van der Waals surface area contributed by atoms with E-state index in [-0.39, 0.29) is 18.1 Å². The summed E-state index contributed by atoms with van der Waals surface area (Å²) in [5.41, 5.74) is 6.27. The number of nitrogens with two attached hydrogens (primary N) is 1. The fourth-order valence-corrected chi connectivity index (χ4v) is 2.73. The lowest BCUT2D eigenvalue weighted by Crippen LogP contribution is -2.33. The molecule has 2 unspecified atom stereocenters. The quantitative estimate of drug-likeness (QED) is 0.818. The van der Waals surface area contributed by atoms with Crippen molar-refractivity contribution in [2.75, 3.05) is 6.54 Å². The summed E-state index contributed by atoms with van der Waals surface area (Å²) in [5, 5.41) is 4.87. The highest BCUT2D eigenvalue weighted by Crippen LogP contribution is 2.19. The molecule has 0 saturated carbocycles. The summed E-state index contributed by atoms with van der Waals surface area (Å²) in [6, 6.07) is 1.98. The van der Waals surface area contributed by atoms with Crippen molar-refractivity contribution >= 4 is 17.2 Å². The molecule has 0 radical (unpaired) electrons. The smallest absolute Gasteiger partial charge is 0.249 e. The number of amides is 1. The lowest BCUT2D eigenvalue weighted by molar-refractivity contribution is -0.131. The predicted molar refractivity (Wildman–Crippen MR) is 75.7 cm³/mol. The minimum atomic E-state index is -0.286. The summed E-state index contributed by atoms with van der Waals surface area (Å²) >= 11 is 1.59. The summed E-state index contributed by atoms with van der Waals surface area (Å²) < 4.78 is 5.52. The van der Waals surface area contributed by atoms with Gasteiger partial charge in [0.15, 0.2) is 0 Å². The number of nitrogens with one attached hydrogen (secondary N) is 1. The third-order valence-electron chi connectivity index (χ3n) is 2.95. The molecule has 5 heteroatoms. The van der Waals surface area contributed by atoms with Gasteiger partial charge in [0.05, 0.1) is 19.2 Å². The Morgan fingerprint density at radius 1 is 1.63 bits per heavy atom. The van der Waals surface area contributed by atoms with Gasteiger partial charge >= 0.3 is 0 Å². The predicted octanol–water partition coefficient (Wildman–Crippen LogP) is 1.24. The van der Waals surface area contributed by atoms with Gasteiger partial charge in [0, 0.05) is 15.8 Å². The summed E-state index contributed by atoms with van der Waals surface area (Å²) in [6.45, 7) is 2.89. The molecule has 1 aliphatic heterocycles. The van der Waals surface area contributed by atoms with Gasteiger partial charge in [-0.25, -0.2) is 0 Å². The molecule has 2 atom stereocenters. The third kappa shape index (κ3) is 4.06. The first-order valence-corrected chi connectivity index (χ1v) is 7.26. The first-order valence-electron chi connectivity index (χ1n) is 6.38. The van der Waals surface area contributed by atoms with Crippen molar-refractivity contribution in [3.63, 3.8) is 0 Å². The van der Waals surface area contributed by atoms with E-state index in [4.69, 9.17) is 10.5 Å². The topological polar surface area (TPSA) is 64.4 Å². The van der Waals surface area contributed by atoms with Crippen molar-refractivity contribution in [3.05, 3.63) is 21.9 Å². The van der Waals surface area contributed by atoms with Crippen LogP contribution in [-0.4, -0.2) is 24.7 Å². The highest BCUT2D eigenvalue weighted by molar-refractivity contribution is 7.10. The van der Waals surface area contributed by atoms with Gasteiger partial charge in [-0.2, -0.15) is 0 Å². The summed E-state index contributed by atoms with van der Waals surface area (Å²) in [7, 11) is 0. The highest BCUT2D eigenvalue weighted by atomic mass is 32.1. The molecule has 1 aliphatic rings. The van der Waals surface area contributed by atoms with E-state index < -0.39 is 0 Å². The van der Waals surface area contributed by atoms with Gasteiger partial charge in [0.1, 0.15) is 6.10 Å². The van der Waals surface area contributed by atoms with Crippen molar-refractivity contribution in [1.29, 1.82) is 0 Å². The minimum Gasteiger partial charge on any atom is -0.365 e. The number of hydrogen-bond donors (Lipinski definition) is 2. The molecule has 1 aromatic heterocycles. The zero-order chi connectivity index (χ0) is 13.7. The number of rotatable bonds is 3. The van der Waals surface area contributed by atoms with Crippen molar-refractivity contribution < 1.29 is 9.53 Å².